The molecule has 1 fully saturated rings. The van der Waals surface area contributed by atoms with Gasteiger partial charge in [-0.3, -0.25) is 5.41 Å². The molecule has 0 aliphatic heterocycles. The highest BCUT2D eigenvalue weighted by Gasteiger charge is 2.27. The van der Waals surface area contributed by atoms with Crippen molar-refractivity contribution in [3.8, 4) is 5.75 Å². The fourth-order valence-electron chi connectivity index (χ4n) is 2.70. The minimum atomic E-state index is -0.235. The van der Waals surface area contributed by atoms with E-state index >= 15 is 0 Å². The summed E-state index contributed by atoms with van der Waals surface area (Å²) >= 11 is 0. The first-order chi connectivity index (χ1) is 10.1. The number of nitrogens with one attached hydrogen (secondary N) is 2. The lowest BCUT2D eigenvalue weighted by Gasteiger charge is -2.28. The fraction of sp³-hybridized carbons (Fsp3) is 0.467. The second-order valence-corrected chi connectivity index (χ2v) is 5.22. The van der Waals surface area contributed by atoms with Crippen molar-refractivity contribution in [2.45, 2.75) is 31.7 Å². The number of amidine groups is 1. The zero-order chi connectivity index (χ0) is 15.2. The number of rotatable bonds is 5. The first-order valence-electron chi connectivity index (χ1n) is 7.15. The van der Waals surface area contributed by atoms with Crippen molar-refractivity contribution in [3.05, 3.63) is 24.3 Å². The molecule has 1 saturated carbocycles. The Morgan fingerprint density at radius 3 is 2.71 bits per heavy atom. The third kappa shape index (κ3) is 3.87. The van der Waals surface area contributed by atoms with Crippen molar-refractivity contribution in [2.24, 2.45) is 5.73 Å². The van der Waals surface area contributed by atoms with Gasteiger partial charge in [0.25, 0.3) is 0 Å². The van der Waals surface area contributed by atoms with Crippen LogP contribution < -0.4 is 15.8 Å². The van der Waals surface area contributed by atoms with Gasteiger partial charge in [-0.2, -0.15) is 0 Å². The van der Waals surface area contributed by atoms with Crippen LogP contribution in [0.2, 0.25) is 0 Å². The molecular weight excluding hydrogens is 268 g/mol. The second-order valence-electron chi connectivity index (χ2n) is 5.22. The maximum atomic E-state index is 12.5. The van der Waals surface area contributed by atoms with Crippen molar-refractivity contribution < 1.29 is 9.53 Å². The van der Waals surface area contributed by atoms with Gasteiger partial charge in [0.05, 0.1) is 19.3 Å². The van der Waals surface area contributed by atoms with Crippen molar-refractivity contribution in [3.63, 3.8) is 0 Å². The standard InChI is InChI=1S/C15H22N4O2/c1-21-13-9-5-4-8-12(13)18-15(20)19(10-14(16)17)11-6-2-3-7-11/h4-5,8-9,11H,2-3,6-7,10H2,1H3,(H3,16,17)(H,18,20). The number of anilines is 1. The van der Waals surface area contributed by atoms with E-state index in [0.29, 0.717) is 11.4 Å². The van der Waals surface area contributed by atoms with Crippen molar-refractivity contribution in [1.29, 1.82) is 5.41 Å². The Morgan fingerprint density at radius 2 is 2.10 bits per heavy atom. The lowest BCUT2D eigenvalue weighted by Crippen LogP contribution is -2.46. The SMILES string of the molecule is COc1ccccc1NC(=O)N(CC(=N)N)C1CCCC1. The molecule has 114 valence electrons. The number of nitrogens with zero attached hydrogens (tertiary/aromatic N) is 1. The van der Waals surface area contributed by atoms with Gasteiger partial charge in [-0.1, -0.05) is 25.0 Å². The minimum absolute atomic E-state index is 0.00271. The van der Waals surface area contributed by atoms with E-state index < -0.39 is 0 Å². The van der Waals surface area contributed by atoms with Gasteiger partial charge >= 0.3 is 6.03 Å². The van der Waals surface area contributed by atoms with E-state index in [-0.39, 0.29) is 24.5 Å². The Morgan fingerprint density at radius 1 is 1.43 bits per heavy atom. The molecule has 1 aliphatic carbocycles. The van der Waals surface area contributed by atoms with E-state index in [4.69, 9.17) is 15.9 Å². The van der Waals surface area contributed by atoms with Crippen LogP contribution in [0.15, 0.2) is 24.3 Å². The third-order valence-corrected chi connectivity index (χ3v) is 3.72. The van der Waals surface area contributed by atoms with E-state index in [1.165, 1.54) is 0 Å². The number of carbonyl (C=O) groups excluding carboxylic acids is 1. The molecule has 4 N–H and O–H groups in total. The summed E-state index contributed by atoms with van der Waals surface area (Å²) in [5.41, 5.74) is 6.11. The number of hydrogen-bond acceptors (Lipinski definition) is 3. The minimum Gasteiger partial charge on any atom is -0.495 e. The van der Waals surface area contributed by atoms with Crippen LogP contribution in [0, 0.1) is 5.41 Å². The molecule has 0 spiro atoms. The van der Waals surface area contributed by atoms with Gasteiger partial charge in [0.2, 0.25) is 0 Å². The summed E-state index contributed by atoms with van der Waals surface area (Å²) in [5.74, 6) is 0.608. The van der Waals surface area contributed by atoms with E-state index in [0.717, 1.165) is 25.7 Å². The highest BCUT2D eigenvalue weighted by Crippen LogP contribution is 2.26. The molecule has 21 heavy (non-hydrogen) atoms. The van der Waals surface area contributed by atoms with Crippen LogP contribution in [0.25, 0.3) is 0 Å². The molecule has 6 nitrogen and oxygen atoms in total. The van der Waals surface area contributed by atoms with Gasteiger partial charge < -0.3 is 20.7 Å². The summed E-state index contributed by atoms with van der Waals surface area (Å²) in [4.78, 5) is 14.2. The number of nitrogens with two attached hydrogens (primary N) is 1. The highest BCUT2D eigenvalue weighted by atomic mass is 16.5. The molecule has 0 saturated heterocycles. The molecule has 0 heterocycles. The molecule has 1 aromatic rings. The maximum Gasteiger partial charge on any atom is 0.322 e. The van der Waals surface area contributed by atoms with Crippen LogP contribution in [0.4, 0.5) is 10.5 Å². The molecule has 2 rings (SSSR count). The van der Waals surface area contributed by atoms with Crippen LogP contribution in [-0.2, 0) is 0 Å². The molecule has 0 unspecified atom stereocenters. The summed E-state index contributed by atoms with van der Waals surface area (Å²) in [5, 5.41) is 10.3. The summed E-state index contributed by atoms with van der Waals surface area (Å²) in [6.07, 6.45) is 4.15. The molecule has 1 aromatic carbocycles. The third-order valence-electron chi connectivity index (χ3n) is 3.72. The number of para-hydroxylation sites is 2. The largest absolute Gasteiger partial charge is 0.495 e. The Bertz CT molecular complexity index is 512. The molecule has 2 amide bonds. The molecule has 0 bridgehead atoms. The Labute approximate surface area is 124 Å². The van der Waals surface area contributed by atoms with Crippen LogP contribution in [0.5, 0.6) is 5.75 Å². The maximum absolute atomic E-state index is 12.5. The average molecular weight is 290 g/mol. The number of carbonyl (C=O) groups is 1. The summed E-state index contributed by atoms with van der Waals surface area (Å²) < 4.78 is 5.23. The van der Waals surface area contributed by atoms with E-state index in [1.807, 2.05) is 12.1 Å². The smallest absolute Gasteiger partial charge is 0.322 e. The molecule has 0 radical (unpaired) electrons. The van der Waals surface area contributed by atoms with Crippen LogP contribution in [0.3, 0.4) is 0 Å². The number of benzene rings is 1. The molecule has 6 heteroatoms. The van der Waals surface area contributed by atoms with Crippen LogP contribution >= 0.6 is 0 Å². The van der Waals surface area contributed by atoms with Gasteiger partial charge in [0.1, 0.15) is 11.6 Å². The zero-order valence-electron chi connectivity index (χ0n) is 12.3. The number of hydrogen-bond donors (Lipinski definition) is 3. The first-order valence-corrected chi connectivity index (χ1v) is 7.15. The predicted molar refractivity (Wildman–Crippen MR) is 82.9 cm³/mol. The van der Waals surface area contributed by atoms with Gasteiger partial charge in [-0.15, -0.1) is 0 Å². The monoisotopic (exact) mass is 290 g/mol. The molecule has 0 aromatic heterocycles. The van der Waals surface area contributed by atoms with Crippen molar-refractivity contribution in [1.82, 2.24) is 4.90 Å². The average Bonchev–Trinajstić information content (AvgIpc) is 2.99. The zero-order valence-corrected chi connectivity index (χ0v) is 12.3. The molecule has 1 aliphatic rings. The predicted octanol–water partition coefficient (Wildman–Crippen LogP) is 2.41. The second kappa shape index (κ2) is 6.97. The molecule has 0 atom stereocenters. The number of methoxy groups -OCH3 is 1. The Kier molecular flexibility index (Phi) is 5.03. The fourth-order valence-corrected chi connectivity index (χ4v) is 2.70. The van der Waals surface area contributed by atoms with E-state index in [1.54, 1.807) is 24.1 Å². The normalized spacial score (nSPS) is 14.7. The number of urea groups is 1. The van der Waals surface area contributed by atoms with Gasteiger partial charge in [-0.25, -0.2) is 4.79 Å². The number of amides is 2. The van der Waals surface area contributed by atoms with Gasteiger partial charge in [0.15, 0.2) is 0 Å². The van der Waals surface area contributed by atoms with Crippen molar-refractivity contribution in [2.75, 3.05) is 19.0 Å². The van der Waals surface area contributed by atoms with E-state index in [9.17, 15) is 4.79 Å². The Hall–Kier alpha value is -2.24. The Balaban J connectivity index is 2.12. The summed E-state index contributed by atoms with van der Waals surface area (Å²) in [6.45, 7) is 0.158. The van der Waals surface area contributed by atoms with Crippen LogP contribution in [0.1, 0.15) is 25.7 Å². The summed E-state index contributed by atoms with van der Waals surface area (Å²) in [7, 11) is 1.56. The summed E-state index contributed by atoms with van der Waals surface area (Å²) in [6, 6.07) is 7.19. The lowest BCUT2D eigenvalue weighted by molar-refractivity contribution is 0.198. The lowest BCUT2D eigenvalue weighted by atomic mass is 10.2. The first kappa shape index (κ1) is 15.2. The topological polar surface area (TPSA) is 91.4 Å². The van der Waals surface area contributed by atoms with Crippen LogP contribution in [-0.4, -0.2) is 36.5 Å². The van der Waals surface area contributed by atoms with Crippen molar-refractivity contribution >= 4 is 17.6 Å². The van der Waals surface area contributed by atoms with Gasteiger partial charge in [-0.05, 0) is 25.0 Å². The molecular formula is C15H22N4O2. The van der Waals surface area contributed by atoms with E-state index in [2.05, 4.69) is 5.32 Å². The highest BCUT2D eigenvalue weighted by molar-refractivity contribution is 5.94. The van der Waals surface area contributed by atoms with Gasteiger partial charge in [0, 0.05) is 6.04 Å². The number of ether oxygens (including phenoxy) is 1. The quantitative estimate of drug-likeness (QED) is 0.574.